The number of nitrogens with zero attached hydrogens (tertiary/aromatic N) is 1. The van der Waals surface area contributed by atoms with Crippen molar-refractivity contribution >= 4 is 40.3 Å². The molecular formula is C23H25NO3S2. The second kappa shape index (κ2) is 9.94. The van der Waals surface area contributed by atoms with Crippen LogP contribution in [0.3, 0.4) is 0 Å². The van der Waals surface area contributed by atoms with Crippen LogP contribution in [-0.2, 0) is 11.3 Å². The molecular weight excluding hydrogens is 402 g/mol. The Bertz CT molecular complexity index is 912. The maximum absolute atomic E-state index is 12.9. The van der Waals surface area contributed by atoms with Gasteiger partial charge in [0.25, 0.3) is 5.91 Å². The van der Waals surface area contributed by atoms with Gasteiger partial charge in [-0.25, -0.2) is 0 Å². The Morgan fingerprint density at radius 1 is 1.14 bits per heavy atom. The zero-order chi connectivity index (χ0) is 20.8. The zero-order valence-corrected chi connectivity index (χ0v) is 18.5. The fraction of sp³-hybridized carbons (Fsp3) is 0.304. The molecule has 0 unspecified atom stereocenters. The molecule has 3 rings (SSSR count). The van der Waals surface area contributed by atoms with E-state index in [9.17, 15) is 4.79 Å². The zero-order valence-electron chi connectivity index (χ0n) is 16.9. The molecule has 1 aliphatic heterocycles. The van der Waals surface area contributed by atoms with E-state index in [2.05, 4.69) is 6.92 Å². The molecule has 29 heavy (non-hydrogen) atoms. The summed E-state index contributed by atoms with van der Waals surface area (Å²) < 4.78 is 12.3. The van der Waals surface area contributed by atoms with Gasteiger partial charge in [0.2, 0.25) is 0 Å². The van der Waals surface area contributed by atoms with Gasteiger partial charge in [0.05, 0.1) is 24.2 Å². The first kappa shape index (κ1) is 21.4. The maximum atomic E-state index is 12.9. The Balaban J connectivity index is 1.81. The summed E-state index contributed by atoms with van der Waals surface area (Å²) in [6.45, 7) is 7.07. The lowest BCUT2D eigenvalue weighted by molar-refractivity contribution is -0.122. The van der Waals surface area contributed by atoms with Gasteiger partial charge in [0.15, 0.2) is 11.5 Å². The van der Waals surface area contributed by atoms with E-state index in [1.807, 2.05) is 68.5 Å². The second-order valence-electron chi connectivity index (χ2n) is 6.73. The summed E-state index contributed by atoms with van der Waals surface area (Å²) in [5.74, 6) is 1.33. The highest BCUT2D eigenvalue weighted by molar-refractivity contribution is 8.26. The molecule has 0 bridgehead atoms. The lowest BCUT2D eigenvalue weighted by atomic mass is 10.1. The molecule has 1 aliphatic rings. The molecule has 6 heteroatoms. The monoisotopic (exact) mass is 427 g/mol. The van der Waals surface area contributed by atoms with Gasteiger partial charge in [-0.1, -0.05) is 67.3 Å². The third-order valence-corrected chi connectivity index (χ3v) is 5.90. The number of hydrogen-bond donors (Lipinski definition) is 0. The molecule has 0 aromatic heterocycles. The van der Waals surface area contributed by atoms with Crippen molar-refractivity contribution in [2.24, 2.45) is 0 Å². The van der Waals surface area contributed by atoms with E-state index >= 15 is 0 Å². The number of amides is 1. The fourth-order valence-electron chi connectivity index (χ4n) is 2.83. The number of ether oxygens (including phenoxy) is 2. The first-order valence-corrected chi connectivity index (χ1v) is 11.0. The topological polar surface area (TPSA) is 38.8 Å². The predicted molar refractivity (Wildman–Crippen MR) is 123 cm³/mol. The number of thiocarbonyl (C=S) groups is 1. The summed E-state index contributed by atoms with van der Waals surface area (Å²) in [7, 11) is 0. The number of carbonyl (C=O) groups is 1. The first-order valence-electron chi connectivity index (χ1n) is 9.74. The SMILES string of the molecule is CCOc1cc(/C=C2\SC(=S)N(Cc3ccccc3)C2=O)ccc1O[C@@H](C)CC. The first-order chi connectivity index (χ1) is 14.0. The molecule has 1 fully saturated rings. The van der Waals surface area contributed by atoms with Gasteiger partial charge in [-0.2, -0.15) is 0 Å². The number of hydrogen-bond acceptors (Lipinski definition) is 5. The molecule has 152 valence electrons. The number of benzene rings is 2. The third-order valence-electron chi connectivity index (χ3n) is 4.53. The molecule has 1 amide bonds. The van der Waals surface area contributed by atoms with Crippen LogP contribution in [0.2, 0.25) is 0 Å². The van der Waals surface area contributed by atoms with E-state index in [4.69, 9.17) is 21.7 Å². The molecule has 1 heterocycles. The van der Waals surface area contributed by atoms with Gasteiger partial charge in [-0.15, -0.1) is 0 Å². The van der Waals surface area contributed by atoms with Gasteiger partial charge < -0.3 is 9.47 Å². The largest absolute Gasteiger partial charge is 0.490 e. The third kappa shape index (κ3) is 5.40. The molecule has 0 aliphatic carbocycles. The van der Waals surface area contributed by atoms with Gasteiger partial charge in [-0.05, 0) is 49.6 Å². The van der Waals surface area contributed by atoms with Crippen molar-refractivity contribution in [1.29, 1.82) is 0 Å². The highest BCUT2D eigenvalue weighted by Gasteiger charge is 2.32. The summed E-state index contributed by atoms with van der Waals surface area (Å²) in [5, 5.41) is 0. The molecule has 0 radical (unpaired) electrons. The lowest BCUT2D eigenvalue weighted by Gasteiger charge is -2.16. The molecule has 0 N–H and O–H groups in total. The number of carbonyl (C=O) groups excluding carboxylic acids is 1. The van der Waals surface area contributed by atoms with Crippen LogP contribution in [0.4, 0.5) is 0 Å². The van der Waals surface area contributed by atoms with Crippen LogP contribution in [0.15, 0.2) is 53.4 Å². The quantitative estimate of drug-likeness (QED) is 0.401. The Hall–Kier alpha value is -2.31. The van der Waals surface area contributed by atoms with E-state index in [0.717, 1.165) is 23.3 Å². The van der Waals surface area contributed by atoms with Crippen molar-refractivity contribution in [1.82, 2.24) is 4.90 Å². The Labute approximate surface area is 181 Å². The standard InChI is InChI=1S/C23H25NO3S2/c1-4-16(3)27-19-12-11-18(13-20(19)26-5-2)14-21-22(25)24(23(28)29-21)15-17-9-7-6-8-10-17/h6-14,16H,4-5,15H2,1-3H3/b21-14-/t16-/m0/s1. The average molecular weight is 428 g/mol. The highest BCUT2D eigenvalue weighted by Crippen LogP contribution is 2.36. The normalized spacial score (nSPS) is 16.4. The summed E-state index contributed by atoms with van der Waals surface area (Å²) >= 11 is 6.77. The molecule has 4 nitrogen and oxygen atoms in total. The van der Waals surface area contributed by atoms with Crippen LogP contribution in [0, 0.1) is 0 Å². The molecule has 0 spiro atoms. The van der Waals surface area contributed by atoms with Crippen molar-refractivity contribution < 1.29 is 14.3 Å². The van der Waals surface area contributed by atoms with Crippen LogP contribution in [0.25, 0.3) is 6.08 Å². The molecule has 1 saturated heterocycles. The van der Waals surface area contributed by atoms with Gasteiger partial charge in [0, 0.05) is 0 Å². The average Bonchev–Trinajstić information content (AvgIpc) is 2.98. The van der Waals surface area contributed by atoms with Crippen molar-refractivity contribution in [3.63, 3.8) is 0 Å². The van der Waals surface area contributed by atoms with E-state index in [0.29, 0.717) is 28.1 Å². The van der Waals surface area contributed by atoms with Crippen LogP contribution in [-0.4, -0.2) is 27.8 Å². The Morgan fingerprint density at radius 3 is 2.59 bits per heavy atom. The molecule has 2 aromatic rings. The number of rotatable bonds is 8. The van der Waals surface area contributed by atoms with Crippen molar-refractivity contribution in [2.45, 2.75) is 39.8 Å². The van der Waals surface area contributed by atoms with Gasteiger partial charge >= 0.3 is 0 Å². The molecule has 1 atom stereocenters. The minimum Gasteiger partial charge on any atom is -0.490 e. The minimum atomic E-state index is -0.0678. The summed E-state index contributed by atoms with van der Waals surface area (Å²) in [4.78, 5) is 15.1. The Kier molecular flexibility index (Phi) is 7.34. The summed E-state index contributed by atoms with van der Waals surface area (Å²) in [6.07, 6.45) is 2.88. The van der Waals surface area contributed by atoms with Crippen LogP contribution in [0.1, 0.15) is 38.3 Å². The maximum Gasteiger partial charge on any atom is 0.266 e. The lowest BCUT2D eigenvalue weighted by Crippen LogP contribution is -2.27. The van der Waals surface area contributed by atoms with Gasteiger partial charge in [0.1, 0.15) is 4.32 Å². The van der Waals surface area contributed by atoms with Crippen LogP contribution >= 0.6 is 24.0 Å². The van der Waals surface area contributed by atoms with Crippen LogP contribution < -0.4 is 9.47 Å². The minimum absolute atomic E-state index is 0.0678. The van der Waals surface area contributed by atoms with E-state index in [1.54, 1.807) is 4.90 Å². The molecule has 0 saturated carbocycles. The van der Waals surface area contributed by atoms with Crippen molar-refractivity contribution in [3.8, 4) is 11.5 Å². The van der Waals surface area contributed by atoms with Crippen molar-refractivity contribution in [3.05, 3.63) is 64.6 Å². The fourth-order valence-corrected chi connectivity index (χ4v) is 4.09. The highest BCUT2D eigenvalue weighted by atomic mass is 32.2. The predicted octanol–water partition coefficient (Wildman–Crippen LogP) is 5.66. The summed E-state index contributed by atoms with van der Waals surface area (Å²) in [5.41, 5.74) is 1.93. The van der Waals surface area contributed by atoms with Crippen molar-refractivity contribution in [2.75, 3.05) is 6.61 Å². The number of thioether (sulfide) groups is 1. The second-order valence-corrected chi connectivity index (χ2v) is 8.41. The Morgan fingerprint density at radius 2 is 1.90 bits per heavy atom. The molecule has 2 aromatic carbocycles. The van der Waals surface area contributed by atoms with E-state index in [-0.39, 0.29) is 12.0 Å². The summed E-state index contributed by atoms with van der Waals surface area (Å²) in [6, 6.07) is 15.6. The van der Waals surface area contributed by atoms with Gasteiger partial charge in [-0.3, -0.25) is 9.69 Å². The van der Waals surface area contributed by atoms with E-state index in [1.165, 1.54) is 11.8 Å². The van der Waals surface area contributed by atoms with E-state index < -0.39 is 0 Å². The van der Waals surface area contributed by atoms with Crippen LogP contribution in [0.5, 0.6) is 11.5 Å². The smallest absolute Gasteiger partial charge is 0.266 e.